The molecular weight excluding hydrogens is 518 g/mol. The van der Waals surface area contributed by atoms with E-state index in [0.717, 1.165) is 31.0 Å². The third kappa shape index (κ3) is 5.49. The lowest BCUT2D eigenvalue weighted by molar-refractivity contribution is 0.0930. The second-order valence-electron chi connectivity index (χ2n) is 10.1. The third-order valence-electron chi connectivity index (χ3n) is 7.42. The molecule has 3 atom stereocenters. The highest BCUT2D eigenvalue weighted by molar-refractivity contribution is 7.98. The Morgan fingerprint density at radius 1 is 1.23 bits per heavy atom. The van der Waals surface area contributed by atoms with Crippen LogP contribution in [0.2, 0.25) is 0 Å². The standard InChI is InChI=1S/C29H29F2N6OS/c1-39-24-12-20(11-21(30)13-24)25-14-22(31)17-36(25)28-8-7-27-32-15-26(37(27)34-28)29(38)33-23-9-10-35(18-23)16-19-5-3-2-4-6-19/h2-3,5-8,11-13,15,22-23,25H,9-10,14,16-18H2,1H3,(H,33,38). The summed E-state index contributed by atoms with van der Waals surface area (Å²) < 4.78 is 30.5. The van der Waals surface area contributed by atoms with Crippen LogP contribution in [0.25, 0.3) is 5.65 Å². The van der Waals surface area contributed by atoms with Crippen LogP contribution >= 0.6 is 11.8 Å². The number of benzene rings is 2. The number of halogens is 2. The topological polar surface area (TPSA) is 65.8 Å². The van der Waals surface area contributed by atoms with Gasteiger partial charge in [-0.2, -0.15) is 0 Å². The van der Waals surface area contributed by atoms with E-state index >= 15 is 0 Å². The number of carbonyl (C=O) groups excluding carboxylic acids is 1. The van der Waals surface area contributed by atoms with Crippen LogP contribution < -0.4 is 10.2 Å². The number of amides is 1. The summed E-state index contributed by atoms with van der Waals surface area (Å²) in [6.45, 7) is 2.62. The average Bonchev–Trinajstić information content (AvgIpc) is 3.67. The Morgan fingerprint density at radius 3 is 2.95 bits per heavy atom. The molecule has 39 heavy (non-hydrogen) atoms. The smallest absolute Gasteiger partial charge is 0.271 e. The Morgan fingerprint density at radius 2 is 2.13 bits per heavy atom. The predicted molar refractivity (Wildman–Crippen MR) is 147 cm³/mol. The van der Waals surface area contributed by atoms with Crippen LogP contribution in [0.15, 0.2) is 65.7 Å². The van der Waals surface area contributed by atoms with Crippen LogP contribution in [-0.2, 0) is 6.54 Å². The van der Waals surface area contributed by atoms with Crippen molar-refractivity contribution in [3.63, 3.8) is 0 Å². The highest BCUT2D eigenvalue weighted by atomic mass is 32.2. The van der Waals surface area contributed by atoms with Crippen LogP contribution in [-0.4, -0.2) is 63.5 Å². The molecule has 0 spiro atoms. The van der Waals surface area contributed by atoms with E-state index in [2.05, 4.69) is 27.3 Å². The number of aromatic nitrogens is 3. The van der Waals surface area contributed by atoms with Crippen molar-refractivity contribution < 1.29 is 13.6 Å². The first-order valence-corrected chi connectivity index (χ1v) is 14.3. The van der Waals surface area contributed by atoms with Crippen molar-refractivity contribution in [2.24, 2.45) is 0 Å². The van der Waals surface area contributed by atoms with Crippen LogP contribution in [0.3, 0.4) is 0 Å². The van der Waals surface area contributed by atoms with Gasteiger partial charge in [0, 0.05) is 37.0 Å². The Balaban J connectivity index is 1.20. The summed E-state index contributed by atoms with van der Waals surface area (Å²) in [5, 5.41) is 7.83. The number of carbonyl (C=O) groups is 1. The molecule has 4 aromatic rings. The zero-order valence-corrected chi connectivity index (χ0v) is 22.4. The fourth-order valence-corrected chi connectivity index (χ4v) is 6.05. The summed E-state index contributed by atoms with van der Waals surface area (Å²) in [7, 11) is 0. The van der Waals surface area contributed by atoms with Crippen LogP contribution in [0.1, 0.15) is 40.5 Å². The number of imidazole rings is 1. The van der Waals surface area contributed by atoms with Gasteiger partial charge in [-0.3, -0.25) is 9.69 Å². The molecule has 0 saturated carbocycles. The molecule has 6 rings (SSSR count). The van der Waals surface area contributed by atoms with Crippen molar-refractivity contribution in [3.8, 4) is 0 Å². The normalized spacial score (nSPS) is 21.6. The maximum Gasteiger partial charge on any atom is 0.271 e. The average molecular weight is 548 g/mol. The number of nitrogens with one attached hydrogen (secondary N) is 1. The number of likely N-dealkylation sites (tertiary alicyclic amines) is 1. The van der Waals surface area contributed by atoms with Gasteiger partial charge in [-0.25, -0.2) is 18.3 Å². The second-order valence-corrected chi connectivity index (χ2v) is 11.0. The van der Waals surface area contributed by atoms with Gasteiger partial charge in [-0.15, -0.1) is 16.9 Å². The Labute approximate surface area is 230 Å². The van der Waals surface area contributed by atoms with Gasteiger partial charge in [0.05, 0.1) is 18.8 Å². The zero-order chi connectivity index (χ0) is 26.9. The van der Waals surface area contributed by atoms with Crippen molar-refractivity contribution in [1.82, 2.24) is 24.8 Å². The first-order valence-electron chi connectivity index (χ1n) is 13.0. The molecular formula is C29H29F2N6OS. The number of hydrogen-bond donors (Lipinski definition) is 1. The number of alkyl halides is 1. The minimum atomic E-state index is -1.07. The number of thioether (sulfide) groups is 1. The highest BCUT2D eigenvalue weighted by Crippen LogP contribution is 2.38. The number of hydrogen-bond acceptors (Lipinski definition) is 6. The van der Waals surface area contributed by atoms with E-state index in [1.54, 1.807) is 12.1 Å². The molecule has 2 saturated heterocycles. The molecule has 1 radical (unpaired) electrons. The molecule has 4 heterocycles. The molecule has 0 bridgehead atoms. The zero-order valence-electron chi connectivity index (χ0n) is 21.6. The van der Waals surface area contributed by atoms with E-state index in [0.29, 0.717) is 22.7 Å². The van der Waals surface area contributed by atoms with Crippen LogP contribution in [0, 0.1) is 11.9 Å². The molecule has 1 N–H and O–H groups in total. The summed E-state index contributed by atoms with van der Waals surface area (Å²) >= 11 is 1.45. The molecule has 1 amide bonds. The van der Waals surface area contributed by atoms with Crippen molar-refractivity contribution >= 4 is 29.1 Å². The van der Waals surface area contributed by atoms with E-state index in [9.17, 15) is 13.6 Å². The number of nitrogens with zero attached hydrogens (tertiary/aromatic N) is 5. The summed E-state index contributed by atoms with van der Waals surface area (Å²) in [6, 6.07) is 19.1. The molecule has 7 nitrogen and oxygen atoms in total. The van der Waals surface area contributed by atoms with Crippen LogP contribution in [0.4, 0.5) is 14.6 Å². The van der Waals surface area contributed by atoms with Gasteiger partial charge in [0.2, 0.25) is 0 Å². The maximum atomic E-state index is 14.7. The molecule has 10 heteroatoms. The van der Waals surface area contributed by atoms with E-state index < -0.39 is 6.17 Å². The minimum Gasteiger partial charge on any atom is -0.347 e. The van der Waals surface area contributed by atoms with Crippen molar-refractivity contribution in [1.29, 1.82) is 0 Å². The first kappa shape index (κ1) is 25.8. The van der Waals surface area contributed by atoms with Gasteiger partial charge in [0.15, 0.2) is 11.3 Å². The lowest BCUT2D eigenvalue weighted by atomic mass is 10.0. The number of anilines is 1. The molecule has 2 fully saturated rings. The molecule has 201 valence electrons. The van der Waals surface area contributed by atoms with Gasteiger partial charge in [-0.1, -0.05) is 18.2 Å². The van der Waals surface area contributed by atoms with E-state index in [-0.39, 0.29) is 36.8 Å². The molecule has 2 aliphatic rings. The third-order valence-corrected chi connectivity index (χ3v) is 8.13. The van der Waals surface area contributed by atoms with E-state index in [4.69, 9.17) is 5.10 Å². The lowest BCUT2D eigenvalue weighted by Gasteiger charge is -2.26. The predicted octanol–water partition coefficient (Wildman–Crippen LogP) is 4.68. The van der Waals surface area contributed by atoms with Gasteiger partial charge in [0.25, 0.3) is 5.91 Å². The molecule has 3 unspecified atom stereocenters. The molecule has 2 aromatic carbocycles. The lowest BCUT2D eigenvalue weighted by Crippen LogP contribution is -2.37. The Bertz CT molecular complexity index is 1480. The SMILES string of the molecule is CSc1cc(F)cc(C2CC(F)CN2c2ccc3ncc(C(=O)NC4CCN(Cc5c[c]ccc5)C4)n3n2)c1. The van der Waals surface area contributed by atoms with E-state index in [1.807, 2.05) is 35.4 Å². The quantitative estimate of drug-likeness (QED) is 0.339. The largest absolute Gasteiger partial charge is 0.347 e. The van der Waals surface area contributed by atoms with Gasteiger partial charge in [-0.05, 0) is 66.3 Å². The Hall–Kier alpha value is -3.50. The fourth-order valence-electron chi connectivity index (χ4n) is 5.56. The van der Waals surface area contributed by atoms with Gasteiger partial charge < -0.3 is 10.2 Å². The monoisotopic (exact) mass is 547 g/mol. The maximum absolute atomic E-state index is 14.7. The summed E-state index contributed by atoms with van der Waals surface area (Å²) in [4.78, 5) is 22.6. The highest BCUT2D eigenvalue weighted by Gasteiger charge is 2.35. The molecule has 0 aliphatic carbocycles. The second kappa shape index (κ2) is 10.9. The van der Waals surface area contributed by atoms with Gasteiger partial charge in [0.1, 0.15) is 17.8 Å². The van der Waals surface area contributed by atoms with Crippen molar-refractivity contribution in [3.05, 3.63) is 89.5 Å². The minimum absolute atomic E-state index is 0.0211. The fraction of sp³-hybridized carbons (Fsp3) is 0.345. The number of rotatable bonds is 7. The van der Waals surface area contributed by atoms with Crippen molar-refractivity contribution in [2.75, 3.05) is 30.8 Å². The summed E-state index contributed by atoms with van der Waals surface area (Å²) in [5.74, 6) is -0.0758. The molecule has 2 aromatic heterocycles. The van der Waals surface area contributed by atoms with Crippen molar-refractivity contribution in [2.45, 2.75) is 42.5 Å². The first-order chi connectivity index (χ1) is 19.0. The number of fused-ring (bicyclic) bond motifs is 1. The summed E-state index contributed by atoms with van der Waals surface area (Å²) in [5.41, 5.74) is 2.76. The summed E-state index contributed by atoms with van der Waals surface area (Å²) in [6.07, 6.45) is 3.43. The molecule has 2 aliphatic heterocycles. The van der Waals surface area contributed by atoms with Gasteiger partial charge >= 0.3 is 0 Å². The van der Waals surface area contributed by atoms with E-state index in [1.165, 1.54) is 40.2 Å². The van der Waals surface area contributed by atoms with Crippen LogP contribution in [0.5, 0.6) is 0 Å². The Kier molecular flexibility index (Phi) is 7.22.